The van der Waals surface area contributed by atoms with Crippen LogP contribution in [0.5, 0.6) is 11.5 Å². The molecule has 6 nitrogen and oxygen atoms in total. The minimum atomic E-state index is -4.84. The fourth-order valence-electron chi connectivity index (χ4n) is 3.46. The number of alkyl halides is 3. The molecule has 2 N–H and O–H groups in total. The second-order valence-electron chi connectivity index (χ2n) is 7.39. The minimum absolute atomic E-state index is 0.0130. The third kappa shape index (κ3) is 5.73. The molecule has 3 rings (SSSR count). The molecule has 32 heavy (non-hydrogen) atoms. The molecule has 9 heteroatoms. The van der Waals surface area contributed by atoms with Crippen LogP contribution in [0.25, 0.3) is 11.0 Å². The van der Waals surface area contributed by atoms with Gasteiger partial charge < -0.3 is 24.1 Å². The number of hydrogen-bond donors (Lipinski definition) is 2. The highest BCUT2D eigenvalue weighted by molar-refractivity contribution is 5.83. The predicted molar refractivity (Wildman–Crippen MR) is 110 cm³/mol. The van der Waals surface area contributed by atoms with Crippen molar-refractivity contribution in [2.24, 2.45) is 0 Å². The largest absolute Gasteiger partial charge is 0.573 e. The quantitative estimate of drug-likeness (QED) is 0.471. The van der Waals surface area contributed by atoms with Crippen molar-refractivity contribution in [3.8, 4) is 11.5 Å². The minimum Gasteiger partial charge on any atom is -0.488 e. The van der Waals surface area contributed by atoms with Crippen molar-refractivity contribution in [1.29, 1.82) is 0 Å². The van der Waals surface area contributed by atoms with Gasteiger partial charge >= 0.3 is 12.3 Å². The van der Waals surface area contributed by atoms with Crippen LogP contribution in [0.4, 0.5) is 13.2 Å². The molecule has 0 saturated carbocycles. The number of carboxylic acids is 1. The number of aryl methyl sites for hydroxylation is 1. The van der Waals surface area contributed by atoms with Crippen molar-refractivity contribution >= 4 is 16.9 Å². The average Bonchev–Trinajstić information content (AvgIpc) is 3.09. The number of aliphatic carboxylic acids is 1. The molecular weight excluding hydrogens is 429 g/mol. The summed E-state index contributed by atoms with van der Waals surface area (Å²) in [4.78, 5) is 10.8. The number of aliphatic hydroxyl groups is 1. The van der Waals surface area contributed by atoms with Crippen molar-refractivity contribution in [3.63, 3.8) is 0 Å². The second-order valence-corrected chi connectivity index (χ2v) is 7.39. The van der Waals surface area contributed by atoms with Gasteiger partial charge in [0.15, 0.2) is 0 Å². The smallest absolute Gasteiger partial charge is 0.488 e. The van der Waals surface area contributed by atoms with E-state index in [-0.39, 0.29) is 26.1 Å². The third-order valence-electron chi connectivity index (χ3n) is 5.15. The highest BCUT2D eigenvalue weighted by Gasteiger charge is 2.31. The summed E-state index contributed by atoms with van der Waals surface area (Å²) in [5.41, 5.74) is 3.31. The van der Waals surface area contributed by atoms with E-state index >= 15 is 0 Å². The van der Waals surface area contributed by atoms with E-state index in [0.717, 1.165) is 16.7 Å². The fourth-order valence-corrected chi connectivity index (χ4v) is 3.46. The second kappa shape index (κ2) is 9.52. The first-order valence-corrected chi connectivity index (χ1v) is 9.93. The molecule has 0 aliphatic rings. The Balaban J connectivity index is 1.89. The van der Waals surface area contributed by atoms with E-state index in [4.69, 9.17) is 19.4 Å². The Kier molecular flexibility index (Phi) is 6.98. The van der Waals surface area contributed by atoms with Gasteiger partial charge in [0.1, 0.15) is 29.4 Å². The van der Waals surface area contributed by atoms with Gasteiger partial charge in [-0.1, -0.05) is 6.07 Å². The van der Waals surface area contributed by atoms with Crippen LogP contribution in [-0.4, -0.2) is 29.2 Å². The first kappa shape index (κ1) is 23.5. The molecule has 0 spiro atoms. The van der Waals surface area contributed by atoms with Crippen molar-refractivity contribution < 1.29 is 42.1 Å². The van der Waals surface area contributed by atoms with Crippen LogP contribution >= 0.6 is 0 Å². The Hall–Kier alpha value is -3.20. The lowest BCUT2D eigenvalue weighted by Crippen LogP contribution is -2.17. The number of furan rings is 1. The fraction of sp³-hybridized carbons (Fsp3) is 0.348. The SMILES string of the molecule is Cc1c(CCC(=O)O)ccc(OCc2cc(OC(F)(F)F)cc3cc(CCO)oc23)c1C. The third-order valence-corrected chi connectivity index (χ3v) is 5.15. The van der Waals surface area contributed by atoms with Crippen LogP contribution in [0.1, 0.15) is 34.4 Å². The Morgan fingerprint density at radius 3 is 2.47 bits per heavy atom. The van der Waals surface area contributed by atoms with Crippen LogP contribution in [-0.2, 0) is 24.2 Å². The molecule has 0 fully saturated rings. The summed E-state index contributed by atoms with van der Waals surface area (Å²) in [6, 6.07) is 7.50. The summed E-state index contributed by atoms with van der Waals surface area (Å²) in [6.07, 6.45) is -4.22. The summed E-state index contributed by atoms with van der Waals surface area (Å²) in [6.45, 7) is 3.46. The monoisotopic (exact) mass is 452 g/mol. The highest BCUT2D eigenvalue weighted by Crippen LogP contribution is 2.33. The Labute approximate surface area is 182 Å². The van der Waals surface area contributed by atoms with Crippen LogP contribution < -0.4 is 9.47 Å². The van der Waals surface area contributed by atoms with E-state index in [1.807, 2.05) is 13.8 Å². The molecule has 0 aliphatic carbocycles. The molecule has 0 atom stereocenters. The number of hydrogen-bond acceptors (Lipinski definition) is 5. The zero-order valence-electron chi connectivity index (χ0n) is 17.6. The summed E-state index contributed by atoms with van der Waals surface area (Å²) in [5, 5.41) is 18.4. The standard InChI is InChI=1S/C23H23F3O6/c1-13-14(2)20(5-3-15(13)4-6-21(28)29)30-12-17-11-19(32-23(24,25)26)10-16-9-18(7-8-27)31-22(16)17/h3,5,9-11,27H,4,6-8,12H2,1-2H3,(H,28,29). The van der Waals surface area contributed by atoms with Gasteiger partial charge in [0.25, 0.3) is 0 Å². The molecular formula is C23H23F3O6. The Morgan fingerprint density at radius 2 is 1.81 bits per heavy atom. The number of aliphatic hydroxyl groups excluding tert-OH is 1. The molecule has 0 aliphatic heterocycles. The van der Waals surface area contributed by atoms with Crippen LogP contribution in [0.2, 0.25) is 0 Å². The zero-order chi connectivity index (χ0) is 23.5. The lowest BCUT2D eigenvalue weighted by Gasteiger charge is -2.15. The van der Waals surface area contributed by atoms with E-state index in [2.05, 4.69) is 4.74 Å². The summed E-state index contributed by atoms with van der Waals surface area (Å²) >= 11 is 0. The maximum atomic E-state index is 12.8. The van der Waals surface area contributed by atoms with Gasteiger partial charge in [-0.05, 0) is 61.2 Å². The zero-order valence-corrected chi connectivity index (χ0v) is 17.6. The molecule has 1 aromatic heterocycles. The van der Waals surface area contributed by atoms with Crippen LogP contribution in [0.15, 0.2) is 34.7 Å². The maximum absolute atomic E-state index is 12.8. The molecule has 0 amide bonds. The van der Waals surface area contributed by atoms with Crippen LogP contribution in [0, 0.1) is 13.8 Å². The van der Waals surface area contributed by atoms with Gasteiger partial charge in [0.05, 0.1) is 6.61 Å². The molecule has 2 aromatic carbocycles. The van der Waals surface area contributed by atoms with Crippen molar-refractivity contribution in [3.05, 3.63) is 58.3 Å². The van der Waals surface area contributed by atoms with E-state index in [1.165, 1.54) is 12.1 Å². The molecule has 172 valence electrons. The van der Waals surface area contributed by atoms with Gasteiger partial charge in [0.2, 0.25) is 0 Å². The first-order chi connectivity index (χ1) is 15.1. The lowest BCUT2D eigenvalue weighted by molar-refractivity contribution is -0.274. The number of benzene rings is 2. The first-order valence-electron chi connectivity index (χ1n) is 9.93. The van der Waals surface area contributed by atoms with Gasteiger partial charge in [-0.25, -0.2) is 0 Å². The van der Waals surface area contributed by atoms with Crippen molar-refractivity contribution in [2.45, 2.75) is 46.1 Å². The van der Waals surface area contributed by atoms with Crippen LogP contribution in [0.3, 0.4) is 0 Å². The van der Waals surface area contributed by atoms with E-state index in [0.29, 0.717) is 34.5 Å². The van der Waals surface area contributed by atoms with Gasteiger partial charge in [-0.3, -0.25) is 4.79 Å². The van der Waals surface area contributed by atoms with E-state index in [9.17, 15) is 18.0 Å². The summed E-state index contributed by atoms with van der Waals surface area (Å²) < 4.78 is 53.9. The topological polar surface area (TPSA) is 89.1 Å². The molecule has 0 saturated heterocycles. The van der Waals surface area contributed by atoms with E-state index < -0.39 is 18.1 Å². The number of halogens is 3. The number of fused-ring (bicyclic) bond motifs is 1. The number of carboxylic acid groups (broad SMARTS) is 1. The Morgan fingerprint density at radius 1 is 1.06 bits per heavy atom. The molecule has 3 aromatic rings. The predicted octanol–water partition coefficient (Wildman–Crippen LogP) is 5.08. The van der Waals surface area contributed by atoms with Gasteiger partial charge in [-0.15, -0.1) is 13.2 Å². The molecule has 0 unspecified atom stereocenters. The lowest BCUT2D eigenvalue weighted by atomic mass is 9.99. The summed E-state index contributed by atoms with van der Waals surface area (Å²) in [5.74, 6) is -0.315. The van der Waals surface area contributed by atoms with E-state index in [1.54, 1.807) is 18.2 Å². The van der Waals surface area contributed by atoms with Gasteiger partial charge in [-0.2, -0.15) is 0 Å². The average molecular weight is 452 g/mol. The normalized spacial score (nSPS) is 11.7. The number of ether oxygens (including phenoxy) is 2. The van der Waals surface area contributed by atoms with Crippen molar-refractivity contribution in [1.82, 2.24) is 0 Å². The Bertz CT molecular complexity index is 1120. The number of rotatable bonds is 9. The van der Waals surface area contributed by atoms with Crippen molar-refractivity contribution in [2.75, 3.05) is 6.61 Å². The van der Waals surface area contributed by atoms with Gasteiger partial charge in [0, 0.05) is 23.8 Å². The summed E-state index contributed by atoms with van der Waals surface area (Å²) in [7, 11) is 0. The molecule has 0 bridgehead atoms. The molecule has 0 radical (unpaired) electrons. The maximum Gasteiger partial charge on any atom is 0.573 e. The number of carbonyl (C=O) groups is 1. The highest BCUT2D eigenvalue weighted by atomic mass is 19.4. The molecule has 1 heterocycles.